The van der Waals surface area contributed by atoms with E-state index in [0.717, 1.165) is 56.1 Å². The van der Waals surface area contributed by atoms with Crippen molar-refractivity contribution >= 4 is 5.78 Å². The number of aryl methyl sites for hydroxylation is 2. The lowest BCUT2D eigenvalue weighted by atomic mass is 10.1. The zero-order chi connectivity index (χ0) is 13.0. The van der Waals surface area contributed by atoms with Crippen LogP contribution in [0.25, 0.3) is 0 Å². The third kappa shape index (κ3) is 3.43. The molecule has 0 radical (unpaired) electrons. The molecule has 0 saturated carbocycles. The second-order valence-corrected chi connectivity index (χ2v) is 5.11. The SMILES string of the molecule is Cc1cc(C(=O)CCCN2CCNCC2)c(C)[nH]1. The van der Waals surface area contributed by atoms with Crippen molar-refractivity contribution in [2.24, 2.45) is 0 Å². The summed E-state index contributed by atoms with van der Waals surface area (Å²) in [6, 6.07) is 1.96. The minimum atomic E-state index is 0.270. The third-order valence-electron chi connectivity index (χ3n) is 3.54. The van der Waals surface area contributed by atoms with Gasteiger partial charge in [-0.1, -0.05) is 0 Å². The van der Waals surface area contributed by atoms with E-state index in [1.807, 2.05) is 19.9 Å². The zero-order valence-corrected chi connectivity index (χ0v) is 11.4. The maximum absolute atomic E-state index is 12.1. The van der Waals surface area contributed by atoms with Gasteiger partial charge in [0.15, 0.2) is 5.78 Å². The molecular weight excluding hydrogens is 226 g/mol. The number of piperazine rings is 1. The lowest BCUT2D eigenvalue weighted by Crippen LogP contribution is -2.43. The van der Waals surface area contributed by atoms with Gasteiger partial charge in [-0.3, -0.25) is 4.79 Å². The summed E-state index contributed by atoms with van der Waals surface area (Å²) in [4.78, 5) is 17.7. The predicted octanol–water partition coefficient (Wildman–Crippen LogP) is 1.50. The number of nitrogens with one attached hydrogen (secondary N) is 2. The van der Waals surface area contributed by atoms with Crippen LogP contribution >= 0.6 is 0 Å². The van der Waals surface area contributed by atoms with Crippen molar-refractivity contribution in [3.05, 3.63) is 23.0 Å². The van der Waals surface area contributed by atoms with Gasteiger partial charge in [0.1, 0.15) is 0 Å². The van der Waals surface area contributed by atoms with Crippen LogP contribution in [0.3, 0.4) is 0 Å². The maximum Gasteiger partial charge on any atom is 0.164 e. The highest BCUT2D eigenvalue weighted by molar-refractivity contribution is 5.97. The van der Waals surface area contributed by atoms with Crippen LogP contribution in [-0.2, 0) is 0 Å². The molecule has 1 fully saturated rings. The topological polar surface area (TPSA) is 48.1 Å². The van der Waals surface area contributed by atoms with Gasteiger partial charge in [0, 0.05) is 49.6 Å². The van der Waals surface area contributed by atoms with E-state index in [-0.39, 0.29) is 5.78 Å². The molecule has 0 aromatic carbocycles. The molecule has 2 N–H and O–H groups in total. The molecule has 1 saturated heterocycles. The number of aromatic amines is 1. The molecule has 1 aliphatic heterocycles. The van der Waals surface area contributed by atoms with Crippen LogP contribution in [-0.4, -0.2) is 48.4 Å². The van der Waals surface area contributed by atoms with Gasteiger partial charge in [0.05, 0.1) is 0 Å². The zero-order valence-electron chi connectivity index (χ0n) is 11.4. The quantitative estimate of drug-likeness (QED) is 0.778. The molecule has 0 spiro atoms. The summed E-state index contributed by atoms with van der Waals surface area (Å²) in [5, 5.41) is 3.34. The smallest absolute Gasteiger partial charge is 0.164 e. The Labute approximate surface area is 109 Å². The molecule has 4 heteroatoms. The number of aromatic nitrogens is 1. The lowest BCUT2D eigenvalue weighted by molar-refractivity contribution is 0.0973. The van der Waals surface area contributed by atoms with Crippen molar-refractivity contribution in [1.82, 2.24) is 15.2 Å². The highest BCUT2D eigenvalue weighted by atomic mass is 16.1. The first-order chi connectivity index (χ1) is 8.66. The van der Waals surface area contributed by atoms with E-state index in [0.29, 0.717) is 6.42 Å². The first kappa shape index (κ1) is 13.3. The fraction of sp³-hybridized carbons (Fsp3) is 0.643. The molecule has 1 aromatic heterocycles. The molecule has 100 valence electrons. The van der Waals surface area contributed by atoms with Gasteiger partial charge in [-0.05, 0) is 32.9 Å². The van der Waals surface area contributed by atoms with Crippen LogP contribution in [0.5, 0.6) is 0 Å². The molecule has 1 aliphatic rings. The van der Waals surface area contributed by atoms with Crippen molar-refractivity contribution in [2.45, 2.75) is 26.7 Å². The van der Waals surface area contributed by atoms with Crippen LogP contribution in [0.2, 0.25) is 0 Å². The highest BCUT2D eigenvalue weighted by Crippen LogP contribution is 2.13. The molecule has 0 atom stereocenters. The highest BCUT2D eigenvalue weighted by Gasteiger charge is 2.13. The minimum absolute atomic E-state index is 0.270. The van der Waals surface area contributed by atoms with Crippen LogP contribution in [0.4, 0.5) is 0 Å². The summed E-state index contributed by atoms with van der Waals surface area (Å²) in [7, 11) is 0. The second kappa shape index (κ2) is 6.16. The molecule has 2 heterocycles. The monoisotopic (exact) mass is 249 g/mol. The van der Waals surface area contributed by atoms with E-state index < -0.39 is 0 Å². The molecule has 0 bridgehead atoms. The van der Waals surface area contributed by atoms with E-state index in [9.17, 15) is 4.79 Å². The average Bonchev–Trinajstić information content (AvgIpc) is 2.70. The Morgan fingerprint density at radius 2 is 2.06 bits per heavy atom. The van der Waals surface area contributed by atoms with Crippen LogP contribution in [0.15, 0.2) is 6.07 Å². The first-order valence-electron chi connectivity index (χ1n) is 6.79. The fourth-order valence-electron chi connectivity index (χ4n) is 2.55. The fourth-order valence-corrected chi connectivity index (χ4v) is 2.55. The molecule has 0 amide bonds. The number of ketones is 1. The number of hydrogen-bond donors (Lipinski definition) is 2. The van der Waals surface area contributed by atoms with Gasteiger partial charge in [0.2, 0.25) is 0 Å². The Balaban J connectivity index is 1.76. The summed E-state index contributed by atoms with van der Waals surface area (Å²) in [6.07, 6.45) is 1.62. The number of Topliss-reactive ketones (excluding diaryl/α,β-unsaturated/α-hetero) is 1. The van der Waals surface area contributed by atoms with Gasteiger partial charge in [-0.25, -0.2) is 0 Å². The second-order valence-electron chi connectivity index (χ2n) is 5.11. The molecule has 1 aromatic rings. The van der Waals surface area contributed by atoms with Crippen molar-refractivity contribution in [2.75, 3.05) is 32.7 Å². The molecule has 0 unspecified atom stereocenters. The molecule has 18 heavy (non-hydrogen) atoms. The summed E-state index contributed by atoms with van der Waals surface area (Å²) < 4.78 is 0. The Morgan fingerprint density at radius 3 is 2.67 bits per heavy atom. The largest absolute Gasteiger partial charge is 0.362 e. The molecule has 2 rings (SSSR count). The van der Waals surface area contributed by atoms with Crippen molar-refractivity contribution in [3.63, 3.8) is 0 Å². The van der Waals surface area contributed by atoms with E-state index in [4.69, 9.17) is 0 Å². The predicted molar refractivity (Wildman–Crippen MR) is 73.1 cm³/mol. The number of carbonyl (C=O) groups is 1. The lowest BCUT2D eigenvalue weighted by Gasteiger charge is -2.26. The van der Waals surface area contributed by atoms with E-state index in [1.54, 1.807) is 0 Å². The van der Waals surface area contributed by atoms with Gasteiger partial charge in [-0.15, -0.1) is 0 Å². The van der Waals surface area contributed by atoms with Crippen molar-refractivity contribution < 1.29 is 4.79 Å². The van der Waals surface area contributed by atoms with Crippen LogP contribution < -0.4 is 5.32 Å². The van der Waals surface area contributed by atoms with Gasteiger partial charge in [-0.2, -0.15) is 0 Å². The standard InChI is InChI=1S/C14H23N3O/c1-11-10-13(12(2)16-11)14(18)4-3-7-17-8-5-15-6-9-17/h10,15-16H,3-9H2,1-2H3. The normalized spacial score (nSPS) is 17.0. The van der Waals surface area contributed by atoms with Crippen LogP contribution in [0.1, 0.15) is 34.6 Å². The van der Waals surface area contributed by atoms with E-state index in [1.165, 1.54) is 0 Å². The first-order valence-corrected chi connectivity index (χ1v) is 6.79. The Bertz CT molecular complexity index is 405. The Kier molecular flexibility index (Phi) is 4.55. The van der Waals surface area contributed by atoms with Crippen molar-refractivity contribution in [1.29, 1.82) is 0 Å². The van der Waals surface area contributed by atoms with Gasteiger partial charge >= 0.3 is 0 Å². The van der Waals surface area contributed by atoms with E-state index >= 15 is 0 Å². The molecule has 0 aliphatic carbocycles. The summed E-state index contributed by atoms with van der Waals surface area (Å²) in [5.74, 6) is 0.270. The summed E-state index contributed by atoms with van der Waals surface area (Å²) >= 11 is 0. The number of rotatable bonds is 5. The van der Waals surface area contributed by atoms with Crippen molar-refractivity contribution in [3.8, 4) is 0 Å². The number of H-pyrrole nitrogens is 1. The summed E-state index contributed by atoms with van der Waals surface area (Å²) in [6.45, 7) is 9.36. The third-order valence-corrected chi connectivity index (χ3v) is 3.54. The van der Waals surface area contributed by atoms with Gasteiger partial charge in [0.25, 0.3) is 0 Å². The molecular formula is C14H23N3O. The Morgan fingerprint density at radius 1 is 1.33 bits per heavy atom. The molecule has 4 nitrogen and oxygen atoms in total. The minimum Gasteiger partial charge on any atom is -0.362 e. The number of hydrogen-bond acceptors (Lipinski definition) is 3. The summed E-state index contributed by atoms with van der Waals surface area (Å²) in [5.41, 5.74) is 2.94. The number of nitrogens with zero attached hydrogens (tertiary/aromatic N) is 1. The number of carbonyl (C=O) groups excluding carboxylic acids is 1. The van der Waals surface area contributed by atoms with E-state index in [2.05, 4.69) is 15.2 Å². The maximum atomic E-state index is 12.1. The van der Waals surface area contributed by atoms with Crippen LogP contribution in [0, 0.1) is 13.8 Å². The Hall–Kier alpha value is -1.13. The average molecular weight is 249 g/mol. The van der Waals surface area contributed by atoms with Gasteiger partial charge < -0.3 is 15.2 Å².